The lowest BCUT2D eigenvalue weighted by Crippen LogP contribution is -2.59. The molecule has 2 fully saturated rings. The van der Waals surface area contributed by atoms with Crippen molar-refractivity contribution in [3.8, 4) is 0 Å². The number of hydrogen-bond donors (Lipinski definition) is 1. The summed E-state index contributed by atoms with van der Waals surface area (Å²) in [5, 5.41) is 10.6. The Labute approximate surface area is 242 Å². The second-order valence-electron chi connectivity index (χ2n) is 12.1. The third kappa shape index (κ3) is 4.33. The lowest BCUT2D eigenvalue weighted by molar-refractivity contribution is -0.148. The van der Waals surface area contributed by atoms with Crippen molar-refractivity contribution < 1.29 is 19.5 Å². The van der Waals surface area contributed by atoms with Crippen LogP contribution in [-0.4, -0.2) is 79.9 Å². The van der Waals surface area contributed by atoms with Gasteiger partial charge in [-0.15, -0.1) is 11.8 Å². The van der Waals surface area contributed by atoms with Crippen LogP contribution >= 0.6 is 11.8 Å². The molecule has 5 rings (SSSR count). The number of aliphatic hydroxyl groups is 1. The number of hydrogen-bond acceptors (Lipinski definition) is 5. The van der Waals surface area contributed by atoms with E-state index in [0.717, 1.165) is 24.9 Å². The summed E-state index contributed by atoms with van der Waals surface area (Å²) in [5.74, 6) is -1.73. The number of anilines is 1. The average molecular weight is 566 g/mol. The van der Waals surface area contributed by atoms with Crippen LogP contribution in [0.1, 0.15) is 53.9 Å². The molecule has 4 aliphatic heterocycles. The van der Waals surface area contributed by atoms with Crippen LogP contribution in [0.5, 0.6) is 0 Å². The van der Waals surface area contributed by atoms with E-state index in [-0.39, 0.29) is 36.3 Å². The van der Waals surface area contributed by atoms with E-state index in [1.807, 2.05) is 68.2 Å². The minimum Gasteiger partial charge on any atom is -0.394 e. The van der Waals surface area contributed by atoms with Crippen molar-refractivity contribution in [2.45, 2.75) is 81.5 Å². The van der Waals surface area contributed by atoms with Crippen LogP contribution in [0.15, 0.2) is 54.6 Å². The highest BCUT2D eigenvalue weighted by atomic mass is 32.2. The smallest absolute Gasteiger partial charge is 0.247 e. The van der Waals surface area contributed by atoms with Crippen molar-refractivity contribution in [3.63, 3.8) is 0 Å². The van der Waals surface area contributed by atoms with E-state index >= 15 is 0 Å². The molecular weight excluding hydrogens is 522 g/mol. The van der Waals surface area contributed by atoms with Crippen LogP contribution in [0.3, 0.4) is 0 Å². The average Bonchev–Trinajstić information content (AvgIpc) is 3.21. The zero-order chi connectivity index (χ0) is 28.8. The zero-order valence-electron chi connectivity index (χ0n) is 24.3. The summed E-state index contributed by atoms with van der Waals surface area (Å²) in [7, 11) is 0. The maximum Gasteiger partial charge on any atom is 0.247 e. The van der Waals surface area contributed by atoms with Crippen LogP contribution in [-0.2, 0) is 14.4 Å². The third-order valence-electron chi connectivity index (χ3n) is 9.68. The summed E-state index contributed by atoms with van der Waals surface area (Å²) in [4.78, 5) is 49.2. The van der Waals surface area contributed by atoms with Gasteiger partial charge in [0.15, 0.2) is 0 Å². The molecule has 0 aromatic heterocycles. The fourth-order valence-corrected chi connectivity index (χ4v) is 9.60. The summed E-state index contributed by atoms with van der Waals surface area (Å²) >= 11 is 1.60. The van der Waals surface area contributed by atoms with Crippen molar-refractivity contribution in [2.24, 2.45) is 17.8 Å². The Balaban J connectivity index is 1.67. The van der Waals surface area contributed by atoms with Gasteiger partial charge < -0.3 is 19.8 Å². The topological polar surface area (TPSA) is 81.2 Å². The Morgan fingerprint density at radius 3 is 2.33 bits per heavy atom. The fraction of sp³-hybridized carbons (Fsp3) is 0.594. The molecule has 0 saturated carbocycles. The molecule has 8 heteroatoms. The molecule has 3 amide bonds. The van der Waals surface area contributed by atoms with Crippen LogP contribution in [0.25, 0.3) is 0 Å². The summed E-state index contributed by atoms with van der Waals surface area (Å²) in [5.41, 5.74) is 0.797. The molecule has 1 spiro atoms. The monoisotopic (exact) mass is 565 g/mol. The summed E-state index contributed by atoms with van der Waals surface area (Å²) in [6, 6.07) is 8.33. The molecule has 1 aromatic rings. The van der Waals surface area contributed by atoms with Crippen molar-refractivity contribution in [1.29, 1.82) is 0 Å². The normalized spacial score (nSPS) is 33.8. The second-order valence-corrected chi connectivity index (χ2v) is 13.9. The van der Waals surface area contributed by atoms with Gasteiger partial charge in [0.2, 0.25) is 17.7 Å². The Morgan fingerprint density at radius 1 is 0.975 bits per heavy atom. The number of nitrogens with zero attached hydrogens (tertiary/aromatic N) is 3. The Morgan fingerprint density at radius 2 is 1.68 bits per heavy atom. The van der Waals surface area contributed by atoms with Crippen molar-refractivity contribution >= 4 is 35.2 Å². The van der Waals surface area contributed by atoms with Gasteiger partial charge in [-0.05, 0) is 38.3 Å². The number of fused-ring (bicyclic) bond motifs is 2. The second kappa shape index (κ2) is 11.0. The van der Waals surface area contributed by atoms with Gasteiger partial charge in [-0.25, -0.2) is 0 Å². The van der Waals surface area contributed by atoms with Gasteiger partial charge in [0.25, 0.3) is 0 Å². The number of likely N-dealkylation sites (tertiary alicyclic amines) is 1. The molecule has 7 nitrogen and oxygen atoms in total. The number of rotatable bonds is 8. The number of thioether (sulfide) groups is 1. The standard InChI is InChI=1S/C32H43N3O4S/c1-6-13-22(4)33-18-12-17-32-26(29(38)35(27(32)30(33)39)24(20-36)21(3)7-2)25-28(37)34(23-14-9-8-10-15-23)19-11-16-31(25,5)40-32/h8-12,14-17,21-22,24-27,36H,6-7,13,18-20H2,1-5H3/t21-,22?,24-,25-,26-,27?,31+,32-/m0/s1. The van der Waals surface area contributed by atoms with E-state index < -0.39 is 33.4 Å². The lowest BCUT2D eigenvalue weighted by Gasteiger charge is -2.42. The number of aliphatic hydroxyl groups excluding tert-OH is 1. The van der Waals surface area contributed by atoms with E-state index in [4.69, 9.17) is 0 Å². The van der Waals surface area contributed by atoms with Crippen LogP contribution in [0.4, 0.5) is 5.69 Å². The minimum atomic E-state index is -0.908. The summed E-state index contributed by atoms with van der Waals surface area (Å²) < 4.78 is -1.57. The van der Waals surface area contributed by atoms with E-state index in [9.17, 15) is 19.5 Å². The fourth-order valence-electron chi connectivity index (χ4n) is 7.46. The molecule has 0 bridgehead atoms. The molecule has 0 radical (unpaired) electrons. The predicted molar refractivity (Wildman–Crippen MR) is 160 cm³/mol. The molecule has 0 aliphatic carbocycles. The zero-order valence-corrected chi connectivity index (χ0v) is 25.1. The summed E-state index contributed by atoms with van der Waals surface area (Å²) in [6.07, 6.45) is 10.8. The highest BCUT2D eigenvalue weighted by Gasteiger charge is 2.74. The maximum absolute atomic E-state index is 14.7. The molecule has 216 valence electrons. The van der Waals surface area contributed by atoms with Crippen molar-refractivity contribution in [1.82, 2.24) is 9.80 Å². The number of amides is 3. The van der Waals surface area contributed by atoms with Gasteiger partial charge in [-0.1, -0.05) is 76.1 Å². The van der Waals surface area contributed by atoms with Crippen LogP contribution < -0.4 is 4.90 Å². The van der Waals surface area contributed by atoms with Crippen LogP contribution in [0, 0.1) is 17.8 Å². The first kappa shape index (κ1) is 28.9. The Hall–Kier alpha value is -2.58. The summed E-state index contributed by atoms with van der Waals surface area (Å²) in [6.45, 7) is 11.0. The largest absolute Gasteiger partial charge is 0.394 e. The first-order chi connectivity index (χ1) is 19.1. The predicted octanol–water partition coefficient (Wildman–Crippen LogP) is 4.27. The number of para-hydroxylation sites is 1. The molecule has 2 saturated heterocycles. The van der Waals surface area contributed by atoms with Gasteiger partial charge >= 0.3 is 0 Å². The quantitative estimate of drug-likeness (QED) is 0.476. The maximum atomic E-state index is 14.7. The SMILES string of the molecule is CCCC(C)N1CC=C[C@]23S[C@]4(C)C=CCN(c5ccccc5)C(=O)[C@@H]4[C@H]2C(=O)N([C@@H](CO)[C@@H](C)CC)C3C1=O. The van der Waals surface area contributed by atoms with Gasteiger partial charge in [0.1, 0.15) is 6.04 Å². The molecule has 4 heterocycles. The Kier molecular flexibility index (Phi) is 7.96. The number of carbonyl (C=O) groups excluding carboxylic acids is 3. The van der Waals surface area contributed by atoms with Gasteiger partial charge in [-0.3, -0.25) is 14.4 Å². The Bertz CT molecular complexity index is 1200. The lowest BCUT2D eigenvalue weighted by atomic mass is 9.74. The van der Waals surface area contributed by atoms with Crippen molar-refractivity contribution in [2.75, 3.05) is 24.6 Å². The minimum absolute atomic E-state index is 0.00620. The van der Waals surface area contributed by atoms with E-state index in [1.165, 1.54) is 0 Å². The molecule has 4 aliphatic rings. The molecule has 1 N–H and O–H groups in total. The van der Waals surface area contributed by atoms with Gasteiger partial charge in [-0.2, -0.15) is 0 Å². The van der Waals surface area contributed by atoms with Gasteiger partial charge in [0.05, 0.1) is 29.2 Å². The molecular formula is C32H43N3O4S. The molecule has 2 unspecified atom stereocenters. The highest BCUT2D eigenvalue weighted by molar-refractivity contribution is 8.02. The van der Waals surface area contributed by atoms with E-state index in [0.29, 0.717) is 13.1 Å². The third-order valence-corrected chi connectivity index (χ3v) is 11.5. The first-order valence-electron chi connectivity index (χ1n) is 14.8. The van der Waals surface area contributed by atoms with Gasteiger partial charge in [0, 0.05) is 29.6 Å². The molecule has 1 aromatic carbocycles. The number of benzene rings is 1. The molecule has 8 atom stereocenters. The molecule has 40 heavy (non-hydrogen) atoms. The number of carbonyl (C=O) groups is 3. The van der Waals surface area contributed by atoms with Crippen LogP contribution in [0.2, 0.25) is 0 Å². The van der Waals surface area contributed by atoms with Crippen molar-refractivity contribution in [3.05, 3.63) is 54.6 Å². The van der Waals surface area contributed by atoms with E-state index in [1.54, 1.807) is 21.6 Å². The highest BCUT2D eigenvalue weighted by Crippen LogP contribution is 2.66. The first-order valence-corrected chi connectivity index (χ1v) is 15.6. The van der Waals surface area contributed by atoms with E-state index in [2.05, 4.69) is 26.0 Å².